The van der Waals surface area contributed by atoms with Crippen LogP contribution in [0.4, 0.5) is 24.5 Å². The quantitative estimate of drug-likeness (QED) is 0.786. The summed E-state index contributed by atoms with van der Waals surface area (Å²) < 4.78 is 39.7. The van der Waals surface area contributed by atoms with Crippen LogP contribution in [0, 0.1) is 17.5 Å². The van der Waals surface area contributed by atoms with Crippen LogP contribution in [-0.4, -0.2) is 18.4 Å². The van der Waals surface area contributed by atoms with E-state index in [1.165, 1.54) is 25.1 Å². The average Bonchev–Trinajstić information content (AvgIpc) is 2.52. The van der Waals surface area contributed by atoms with E-state index in [0.29, 0.717) is 6.07 Å². The first-order chi connectivity index (χ1) is 11.7. The Morgan fingerprint density at radius 2 is 1.64 bits per heavy atom. The second-order valence-electron chi connectivity index (χ2n) is 5.00. The minimum atomic E-state index is -1.71. The van der Waals surface area contributed by atoms with Crippen LogP contribution >= 0.6 is 23.2 Å². The molecule has 132 valence electrons. The van der Waals surface area contributed by atoms with Gasteiger partial charge in [-0.1, -0.05) is 23.2 Å². The molecule has 0 aliphatic rings. The third-order valence-corrected chi connectivity index (χ3v) is 3.59. The number of carbonyl (C=O) groups excluding carboxylic acids is 2. The molecule has 2 rings (SSSR count). The number of benzene rings is 2. The Balaban J connectivity index is 2.21. The summed E-state index contributed by atoms with van der Waals surface area (Å²) in [7, 11) is 0. The highest BCUT2D eigenvalue weighted by Crippen LogP contribution is 2.26. The molecular weight excluding hydrogens is 380 g/mol. The lowest BCUT2D eigenvalue weighted by atomic mass is 10.2. The van der Waals surface area contributed by atoms with Crippen LogP contribution in [0.2, 0.25) is 10.0 Å². The molecule has 0 aromatic heterocycles. The fraction of sp³-hybridized carbons (Fsp3) is 0.125. The molecule has 2 aromatic rings. The highest BCUT2D eigenvalue weighted by atomic mass is 35.5. The van der Waals surface area contributed by atoms with E-state index in [9.17, 15) is 22.8 Å². The molecule has 2 aromatic carbocycles. The van der Waals surface area contributed by atoms with E-state index >= 15 is 0 Å². The normalized spacial score (nSPS) is 10.5. The fourth-order valence-electron chi connectivity index (χ4n) is 2.04. The second-order valence-corrected chi connectivity index (χ2v) is 5.88. The third-order valence-electron chi connectivity index (χ3n) is 3.15. The summed E-state index contributed by atoms with van der Waals surface area (Å²) in [5.74, 6) is -5.94. The van der Waals surface area contributed by atoms with Gasteiger partial charge in [0.2, 0.25) is 11.8 Å². The third kappa shape index (κ3) is 4.64. The van der Waals surface area contributed by atoms with E-state index in [4.69, 9.17) is 23.2 Å². The van der Waals surface area contributed by atoms with E-state index in [1.807, 2.05) is 0 Å². The largest absolute Gasteiger partial charge is 0.322 e. The number of rotatable bonds is 4. The number of nitrogens with zero attached hydrogens (tertiary/aromatic N) is 1. The van der Waals surface area contributed by atoms with E-state index < -0.39 is 41.5 Å². The maximum absolute atomic E-state index is 13.6. The minimum absolute atomic E-state index is 0.251. The van der Waals surface area contributed by atoms with E-state index in [1.54, 1.807) is 0 Å². The highest BCUT2D eigenvalue weighted by Gasteiger charge is 2.19. The molecule has 4 nitrogen and oxygen atoms in total. The second kappa shape index (κ2) is 7.76. The summed E-state index contributed by atoms with van der Waals surface area (Å²) in [6, 6.07) is 5.83. The van der Waals surface area contributed by atoms with Crippen LogP contribution in [0.1, 0.15) is 6.92 Å². The van der Waals surface area contributed by atoms with E-state index in [2.05, 4.69) is 5.32 Å². The summed E-state index contributed by atoms with van der Waals surface area (Å²) in [5, 5.41) is 2.58. The minimum Gasteiger partial charge on any atom is -0.322 e. The van der Waals surface area contributed by atoms with Crippen molar-refractivity contribution in [2.75, 3.05) is 16.8 Å². The molecule has 0 radical (unpaired) electrons. The topological polar surface area (TPSA) is 49.4 Å². The Morgan fingerprint density at radius 3 is 2.20 bits per heavy atom. The van der Waals surface area contributed by atoms with Crippen LogP contribution in [0.3, 0.4) is 0 Å². The first-order valence-corrected chi connectivity index (χ1v) is 7.62. The van der Waals surface area contributed by atoms with Crippen LogP contribution < -0.4 is 10.2 Å². The van der Waals surface area contributed by atoms with Crippen molar-refractivity contribution in [1.29, 1.82) is 0 Å². The number of hydrogen-bond acceptors (Lipinski definition) is 2. The smallest absolute Gasteiger partial charge is 0.244 e. The van der Waals surface area contributed by atoms with Crippen molar-refractivity contribution in [2.45, 2.75) is 6.92 Å². The lowest BCUT2D eigenvalue weighted by Gasteiger charge is -2.21. The molecule has 0 saturated carbocycles. The lowest BCUT2D eigenvalue weighted by Crippen LogP contribution is -2.36. The van der Waals surface area contributed by atoms with Crippen LogP contribution in [-0.2, 0) is 9.59 Å². The van der Waals surface area contributed by atoms with E-state index in [0.717, 1.165) is 11.0 Å². The highest BCUT2D eigenvalue weighted by molar-refractivity contribution is 6.35. The number of halogens is 5. The molecule has 0 fully saturated rings. The number of nitrogens with one attached hydrogen (secondary N) is 1. The van der Waals surface area contributed by atoms with Crippen molar-refractivity contribution in [1.82, 2.24) is 0 Å². The molecule has 0 unspecified atom stereocenters. The maximum Gasteiger partial charge on any atom is 0.244 e. The average molecular weight is 391 g/mol. The van der Waals surface area contributed by atoms with Gasteiger partial charge in [-0.3, -0.25) is 9.59 Å². The molecule has 0 heterocycles. The number of hydrogen-bond donors (Lipinski definition) is 1. The van der Waals surface area contributed by atoms with Crippen LogP contribution in [0.25, 0.3) is 0 Å². The van der Waals surface area contributed by atoms with Crippen molar-refractivity contribution in [3.8, 4) is 0 Å². The molecule has 0 saturated heterocycles. The zero-order valence-electron chi connectivity index (χ0n) is 12.7. The van der Waals surface area contributed by atoms with Gasteiger partial charge in [-0.25, -0.2) is 13.2 Å². The summed E-state index contributed by atoms with van der Waals surface area (Å²) in [4.78, 5) is 24.9. The Bertz CT molecular complexity index is 826. The zero-order chi connectivity index (χ0) is 18.7. The summed E-state index contributed by atoms with van der Waals surface area (Å²) in [6.07, 6.45) is 0. The molecule has 0 atom stereocenters. The molecule has 0 aliphatic carbocycles. The van der Waals surface area contributed by atoms with Crippen LogP contribution in [0.15, 0.2) is 30.3 Å². The summed E-state index contributed by atoms with van der Waals surface area (Å²) in [6.45, 7) is 0.699. The molecule has 0 spiro atoms. The Hall–Kier alpha value is -2.25. The first-order valence-electron chi connectivity index (χ1n) is 6.86. The molecule has 9 heteroatoms. The van der Waals surface area contributed by atoms with Gasteiger partial charge in [-0.05, 0) is 30.3 Å². The van der Waals surface area contributed by atoms with E-state index in [-0.39, 0.29) is 15.7 Å². The van der Waals surface area contributed by atoms with Crippen LogP contribution in [0.5, 0.6) is 0 Å². The van der Waals surface area contributed by atoms with Crippen molar-refractivity contribution < 1.29 is 22.8 Å². The Kier molecular flexibility index (Phi) is 5.92. The van der Waals surface area contributed by atoms with Gasteiger partial charge in [0.25, 0.3) is 0 Å². The van der Waals surface area contributed by atoms with Crippen molar-refractivity contribution in [3.05, 3.63) is 57.8 Å². The van der Waals surface area contributed by atoms with Crippen molar-refractivity contribution in [3.63, 3.8) is 0 Å². The SMILES string of the molecule is CC(=O)N(CC(=O)Nc1ccc(F)c(F)c1F)c1cc(Cl)cc(Cl)c1. The Labute approximate surface area is 151 Å². The molecular formula is C16H11Cl2F3N2O2. The Morgan fingerprint density at radius 1 is 1.04 bits per heavy atom. The predicted molar refractivity (Wildman–Crippen MR) is 89.4 cm³/mol. The fourth-order valence-corrected chi connectivity index (χ4v) is 2.55. The zero-order valence-corrected chi connectivity index (χ0v) is 14.3. The maximum atomic E-state index is 13.6. The monoisotopic (exact) mass is 390 g/mol. The number of carbonyl (C=O) groups is 2. The molecule has 2 amide bonds. The number of amides is 2. The van der Waals surface area contributed by atoms with Gasteiger partial charge in [-0.15, -0.1) is 0 Å². The standard InChI is InChI=1S/C16H11Cl2F3N2O2/c1-8(24)23(11-5-9(17)4-10(18)6-11)7-14(25)22-13-3-2-12(19)15(20)16(13)21/h2-6H,7H2,1H3,(H,22,25). The van der Waals surface area contributed by atoms with Gasteiger partial charge in [0, 0.05) is 22.7 Å². The molecule has 0 aliphatic heterocycles. The van der Waals surface area contributed by atoms with Crippen molar-refractivity contribution >= 4 is 46.4 Å². The van der Waals surface area contributed by atoms with Gasteiger partial charge in [0.1, 0.15) is 6.54 Å². The first kappa shape index (κ1) is 19.1. The number of anilines is 2. The molecule has 25 heavy (non-hydrogen) atoms. The van der Waals surface area contributed by atoms with Gasteiger partial charge in [-0.2, -0.15) is 0 Å². The van der Waals surface area contributed by atoms with Gasteiger partial charge in [0.05, 0.1) is 5.69 Å². The lowest BCUT2D eigenvalue weighted by molar-refractivity contribution is -0.120. The van der Waals surface area contributed by atoms with Gasteiger partial charge < -0.3 is 10.2 Å². The molecule has 1 N–H and O–H groups in total. The summed E-state index contributed by atoms with van der Waals surface area (Å²) >= 11 is 11.7. The van der Waals surface area contributed by atoms with Gasteiger partial charge >= 0.3 is 0 Å². The molecule has 0 bridgehead atoms. The summed E-state index contributed by atoms with van der Waals surface area (Å²) in [5.41, 5.74) is -0.289. The van der Waals surface area contributed by atoms with Crippen molar-refractivity contribution in [2.24, 2.45) is 0 Å². The van der Waals surface area contributed by atoms with Gasteiger partial charge in [0.15, 0.2) is 17.5 Å². The predicted octanol–water partition coefficient (Wildman–Crippen LogP) is 4.40.